The second-order valence-corrected chi connectivity index (χ2v) is 3.69. The lowest BCUT2D eigenvalue weighted by Crippen LogP contribution is -2.04. The second-order valence-electron chi connectivity index (χ2n) is 1.66. The summed E-state index contributed by atoms with van der Waals surface area (Å²) < 4.78 is 0. The predicted octanol–water partition coefficient (Wildman–Crippen LogP) is 1.09. The van der Waals surface area contributed by atoms with Crippen molar-refractivity contribution in [2.24, 2.45) is 11.5 Å². The second kappa shape index (κ2) is 12.8. The lowest BCUT2D eigenvalue weighted by molar-refractivity contribution is 1.50. The van der Waals surface area contributed by atoms with Gasteiger partial charge < -0.3 is 11.5 Å². The average Bonchev–Trinajstić information content (AvgIpc) is 1.95. The van der Waals surface area contributed by atoms with E-state index in [0.29, 0.717) is 11.5 Å². The van der Waals surface area contributed by atoms with Crippen LogP contribution >= 0.6 is 48.3 Å². The molecule has 0 fully saturated rings. The molecule has 4 nitrogen and oxygen atoms in total. The van der Waals surface area contributed by atoms with Gasteiger partial charge in [-0.3, -0.25) is 10.8 Å². The summed E-state index contributed by atoms with van der Waals surface area (Å²) >= 11 is 2.37. The smallest absolute Gasteiger partial charge is 0.151 e. The summed E-state index contributed by atoms with van der Waals surface area (Å²) in [5.41, 5.74) is 10.1. The van der Waals surface area contributed by atoms with Crippen molar-refractivity contribution in [1.29, 1.82) is 10.8 Å². The van der Waals surface area contributed by atoms with Crippen LogP contribution in [-0.4, -0.2) is 21.8 Å². The van der Waals surface area contributed by atoms with E-state index >= 15 is 0 Å². The molecule has 82 valence electrons. The summed E-state index contributed by atoms with van der Waals surface area (Å²) in [6.07, 6.45) is 0. The average molecular weight is 275 g/mol. The molecule has 0 spiro atoms. The molecule has 0 rings (SSSR count). The number of halogens is 2. The largest absolute Gasteiger partial charge is 0.379 e. The van der Waals surface area contributed by atoms with Crippen molar-refractivity contribution in [3.63, 3.8) is 0 Å². The van der Waals surface area contributed by atoms with Crippen LogP contribution < -0.4 is 11.5 Å². The molecule has 0 saturated heterocycles. The third kappa shape index (κ3) is 17.8. The van der Waals surface area contributed by atoms with Crippen LogP contribution in [0.25, 0.3) is 0 Å². The minimum Gasteiger partial charge on any atom is -0.379 e. The molecule has 0 saturated carbocycles. The highest BCUT2D eigenvalue weighted by Crippen LogP contribution is 1.96. The lowest BCUT2D eigenvalue weighted by Gasteiger charge is -1.89. The van der Waals surface area contributed by atoms with Crippen LogP contribution in [0.15, 0.2) is 0 Å². The zero-order valence-corrected chi connectivity index (χ0v) is 10.5. The topological polar surface area (TPSA) is 99.7 Å². The first-order chi connectivity index (χ1) is 5.63. The van der Waals surface area contributed by atoms with Crippen LogP contribution in [-0.2, 0) is 0 Å². The van der Waals surface area contributed by atoms with Crippen molar-refractivity contribution >= 4 is 58.7 Å². The molecule has 0 aromatic carbocycles. The maximum atomic E-state index is 6.86. The molecule has 0 aromatic heterocycles. The van der Waals surface area contributed by atoms with E-state index in [1.54, 1.807) is 0 Å². The molecule has 14 heavy (non-hydrogen) atoms. The van der Waals surface area contributed by atoms with Gasteiger partial charge in [-0.15, -0.1) is 24.8 Å². The Morgan fingerprint density at radius 2 is 1.21 bits per heavy atom. The molecular weight excluding hydrogens is 263 g/mol. The summed E-state index contributed by atoms with van der Waals surface area (Å²) in [6, 6.07) is 0. The van der Waals surface area contributed by atoms with Gasteiger partial charge in [-0.2, -0.15) is 0 Å². The molecule has 0 unspecified atom stereocenters. The highest BCUT2D eigenvalue weighted by molar-refractivity contribution is 8.14. The standard InChI is InChI=1S/C6H10N4S2.2ClH/c7-5(8)11-3-1-2-4-12-6(9)10;;/h3-4H2,(H3,7,8)(H3,9,10);2*1H. The van der Waals surface area contributed by atoms with E-state index in [1.165, 1.54) is 23.5 Å². The molecule has 0 aliphatic heterocycles. The van der Waals surface area contributed by atoms with Crippen molar-refractivity contribution in [2.45, 2.75) is 0 Å². The molecular formula is C6H12Cl2N4S2. The Balaban J connectivity index is -0.000000605. The van der Waals surface area contributed by atoms with E-state index < -0.39 is 0 Å². The molecule has 0 bridgehead atoms. The number of hydrogen-bond acceptors (Lipinski definition) is 4. The Morgan fingerprint density at radius 1 is 0.929 bits per heavy atom. The zero-order chi connectivity index (χ0) is 9.40. The van der Waals surface area contributed by atoms with Crippen molar-refractivity contribution in [3.8, 4) is 11.8 Å². The highest BCUT2D eigenvalue weighted by atomic mass is 35.5. The van der Waals surface area contributed by atoms with E-state index in [-0.39, 0.29) is 35.1 Å². The molecule has 0 aromatic rings. The number of thioether (sulfide) groups is 2. The summed E-state index contributed by atoms with van der Waals surface area (Å²) in [4.78, 5) is 0. The Labute approximate surface area is 104 Å². The zero-order valence-electron chi connectivity index (χ0n) is 7.20. The van der Waals surface area contributed by atoms with Crippen LogP contribution in [0.4, 0.5) is 0 Å². The van der Waals surface area contributed by atoms with Gasteiger partial charge in [0.15, 0.2) is 10.3 Å². The molecule has 0 amide bonds. The maximum absolute atomic E-state index is 6.86. The Kier molecular flexibility index (Phi) is 17.7. The molecule has 0 radical (unpaired) electrons. The number of amidine groups is 2. The number of rotatable bonds is 2. The van der Waals surface area contributed by atoms with Gasteiger partial charge >= 0.3 is 0 Å². The molecule has 0 aliphatic rings. The van der Waals surface area contributed by atoms with Crippen LogP contribution in [0, 0.1) is 22.7 Å². The minimum absolute atomic E-state index is 0. The van der Waals surface area contributed by atoms with Crippen LogP contribution in [0.1, 0.15) is 0 Å². The van der Waals surface area contributed by atoms with Gasteiger partial charge in [0, 0.05) is 0 Å². The van der Waals surface area contributed by atoms with Crippen molar-refractivity contribution in [2.75, 3.05) is 11.5 Å². The van der Waals surface area contributed by atoms with Crippen molar-refractivity contribution in [3.05, 3.63) is 0 Å². The summed E-state index contributed by atoms with van der Waals surface area (Å²) in [6.45, 7) is 0. The fourth-order valence-corrected chi connectivity index (χ4v) is 0.989. The Bertz CT molecular complexity index is 214. The third-order valence-corrected chi connectivity index (χ3v) is 1.92. The van der Waals surface area contributed by atoms with E-state index in [1.807, 2.05) is 0 Å². The van der Waals surface area contributed by atoms with Gasteiger partial charge in [-0.25, -0.2) is 0 Å². The lowest BCUT2D eigenvalue weighted by atomic mass is 10.7. The normalized spacial score (nSPS) is 7.14. The number of nitrogens with two attached hydrogens (primary N) is 2. The van der Waals surface area contributed by atoms with E-state index in [0.717, 1.165) is 0 Å². The summed E-state index contributed by atoms with van der Waals surface area (Å²) in [5, 5.41) is 13.9. The van der Waals surface area contributed by atoms with Crippen LogP contribution in [0.5, 0.6) is 0 Å². The quantitative estimate of drug-likeness (QED) is 0.344. The maximum Gasteiger partial charge on any atom is 0.151 e. The Morgan fingerprint density at radius 3 is 1.43 bits per heavy atom. The number of nitrogens with one attached hydrogen (secondary N) is 2. The fourth-order valence-electron chi connectivity index (χ4n) is 0.330. The van der Waals surface area contributed by atoms with Crippen LogP contribution in [0.2, 0.25) is 0 Å². The SMILES string of the molecule is Cl.Cl.N=C(N)SCC#CCSC(=N)N. The first-order valence-electron chi connectivity index (χ1n) is 3.02. The Hall–Kier alpha value is -0.220. The van der Waals surface area contributed by atoms with Gasteiger partial charge in [-0.05, 0) is 0 Å². The monoisotopic (exact) mass is 274 g/mol. The van der Waals surface area contributed by atoms with Gasteiger partial charge in [0.05, 0.1) is 11.5 Å². The molecule has 0 aliphatic carbocycles. The molecule has 6 N–H and O–H groups in total. The van der Waals surface area contributed by atoms with Gasteiger partial charge in [-0.1, -0.05) is 35.4 Å². The van der Waals surface area contributed by atoms with Gasteiger partial charge in [0.2, 0.25) is 0 Å². The minimum atomic E-state index is 0. The summed E-state index contributed by atoms with van der Waals surface area (Å²) in [5.74, 6) is 6.63. The summed E-state index contributed by atoms with van der Waals surface area (Å²) in [7, 11) is 0. The van der Waals surface area contributed by atoms with Crippen molar-refractivity contribution < 1.29 is 0 Å². The molecule has 0 atom stereocenters. The van der Waals surface area contributed by atoms with Crippen LogP contribution in [0.3, 0.4) is 0 Å². The number of hydrogen-bond donors (Lipinski definition) is 4. The molecule has 8 heteroatoms. The van der Waals surface area contributed by atoms with Gasteiger partial charge in [0.1, 0.15) is 0 Å². The van der Waals surface area contributed by atoms with Crippen molar-refractivity contribution in [1.82, 2.24) is 0 Å². The van der Waals surface area contributed by atoms with E-state index in [2.05, 4.69) is 11.8 Å². The highest BCUT2D eigenvalue weighted by Gasteiger charge is 1.86. The first-order valence-corrected chi connectivity index (χ1v) is 4.99. The predicted molar refractivity (Wildman–Crippen MR) is 71.0 cm³/mol. The van der Waals surface area contributed by atoms with E-state index in [9.17, 15) is 0 Å². The third-order valence-electron chi connectivity index (χ3n) is 0.725. The first kappa shape index (κ1) is 19.4. The molecule has 0 heterocycles. The fraction of sp³-hybridized carbons (Fsp3) is 0.333. The van der Waals surface area contributed by atoms with Gasteiger partial charge in [0.25, 0.3) is 0 Å². The van der Waals surface area contributed by atoms with E-state index in [4.69, 9.17) is 22.3 Å².